The van der Waals surface area contributed by atoms with Crippen molar-refractivity contribution in [3.63, 3.8) is 0 Å². The van der Waals surface area contributed by atoms with Gasteiger partial charge in [-0.15, -0.1) is 0 Å². The van der Waals surface area contributed by atoms with Crippen molar-refractivity contribution in [3.05, 3.63) is 78.8 Å². The lowest BCUT2D eigenvalue weighted by molar-refractivity contribution is -0.121. The number of nitrogens with zero attached hydrogens (tertiary/aromatic N) is 2. The van der Waals surface area contributed by atoms with E-state index in [1.165, 1.54) is 6.26 Å². The predicted molar refractivity (Wildman–Crippen MR) is 121 cm³/mol. The Morgan fingerprint density at radius 1 is 0.935 bits per heavy atom. The highest BCUT2D eigenvalue weighted by Crippen LogP contribution is 2.33. The molecule has 1 unspecified atom stereocenters. The average Bonchev–Trinajstić information content (AvgIpc) is 3.35. The first kappa shape index (κ1) is 21.2. The Hall–Kier alpha value is -3.03. The van der Waals surface area contributed by atoms with Crippen molar-refractivity contribution in [2.24, 2.45) is 0 Å². The van der Waals surface area contributed by atoms with Gasteiger partial charge in [-0.25, -0.2) is 0 Å². The van der Waals surface area contributed by atoms with Crippen LogP contribution >= 0.6 is 11.8 Å². The zero-order chi connectivity index (χ0) is 21.6. The van der Waals surface area contributed by atoms with Crippen LogP contribution in [0, 0.1) is 0 Å². The summed E-state index contributed by atoms with van der Waals surface area (Å²) in [5, 5.41) is 3.09. The summed E-state index contributed by atoms with van der Waals surface area (Å²) in [5.41, 5.74) is 0.805. The average molecular weight is 436 g/mol. The number of rotatable bonds is 6. The minimum absolute atomic E-state index is 0.0491. The largest absolute Gasteiger partial charge is 0.459 e. The van der Waals surface area contributed by atoms with Crippen molar-refractivity contribution in [2.45, 2.75) is 22.8 Å². The minimum Gasteiger partial charge on any atom is -0.459 e. The van der Waals surface area contributed by atoms with Crippen LogP contribution in [-0.4, -0.2) is 53.8 Å². The highest BCUT2D eigenvalue weighted by molar-refractivity contribution is 7.99. The molecule has 0 radical (unpaired) electrons. The molecule has 2 amide bonds. The molecule has 2 heterocycles. The molecule has 6 nitrogen and oxygen atoms in total. The van der Waals surface area contributed by atoms with E-state index < -0.39 is 0 Å². The summed E-state index contributed by atoms with van der Waals surface area (Å²) in [7, 11) is 0. The third-order valence-corrected chi connectivity index (χ3v) is 6.46. The van der Waals surface area contributed by atoms with Gasteiger partial charge in [-0.05, 0) is 43.3 Å². The number of carbonyl (C=O) groups excluding carboxylic acids is 2. The summed E-state index contributed by atoms with van der Waals surface area (Å²) < 4.78 is 5.21. The highest BCUT2D eigenvalue weighted by atomic mass is 32.2. The molecular formula is C24H25N3O3S. The molecule has 1 aliphatic rings. The van der Waals surface area contributed by atoms with E-state index in [1.807, 2.05) is 49.4 Å². The Labute approximate surface area is 186 Å². The van der Waals surface area contributed by atoms with E-state index >= 15 is 0 Å². The molecular weight excluding hydrogens is 410 g/mol. The maximum Gasteiger partial charge on any atom is 0.289 e. The molecule has 7 heteroatoms. The van der Waals surface area contributed by atoms with Gasteiger partial charge in [-0.2, -0.15) is 0 Å². The molecule has 160 valence electrons. The predicted octanol–water partition coefficient (Wildman–Crippen LogP) is 4.22. The van der Waals surface area contributed by atoms with Gasteiger partial charge in [-0.1, -0.05) is 42.1 Å². The van der Waals surface area contributed by atoms with Crippen LogP contribution in [0.5, 0.6) is 0 Å². The molecule has 1 fully saturated rings. The van der Waals surface area contributed by atoms with Crippen molar-refractivity contribution >= 4 is 29.3 Å². The van der Waals surface area contributed by atoms with Gasteiger partial charge in [0.25, 0.3) is 5.91 Å². The fourth-order valence-electron chi connectivity index (χ4n) is 3.55. The molecule has 4 rings (SSSR count). The molecule has 0 spiro atoms. The van der Waals surface area contributed by atoms with E-state index in [0.717, 1.165) is 15.5 Å². The molecule has 3 aromatic rings. The van der Waals surface area contributed by atoms with E-state index in [2.05, 4.69) is 22.3 Å². The molecule has 0 saturated carbocycles. The molecule has 31 heavy (non-hydrogen) atoms. The number of hydrogen-bond acceptors (Lipinski definition) is 5. The molecule has 0 bridgehead atoms. The topological polar surface area (TPSA) is 65.8 Å². The first-order chi connectivity index (χ1) is 15.1. The number of anilines is 1. The van der Waals surface area contributed by atoms with Crippen LogP contribution in [-0.2, 0) is 4.79 Å². The Morgan fingerprint density at radius 2 is 1.65 bits per heavy atom. The summed E-state index contributed by atoms with van der Waals surface area (Å²) in [6, 6.07) is 21.0. The van der Waals surface area contributed by atoms with Crippen molar-refractivity contribution in [3.8, 4) is 0 Å². The Balaban J connectivity index is 1.35. The molecule has 1 saturated heterocycles. The van der Waals surface area contributed by atoms with Gasteiger partial charge < -0.3 is 14.6 Å². The maximum absolute atomic E-state index is 13.0. The van der Waals surface area contributed by atoms with Crippen LogP contribution in [0.15, 0.2) is 87.2 Å². The molecule has 1 N–H and O–H groups in total. The molecule has 1 aromatic heterocycles. The summed E-state index contributed by atoms with van der Waals surface area (Å²) in [6.45, 7) is 4.32. The highest BCUT2D eigenvalue weighted by Gasteiger charge is 2.29. The van der Waals surface area contributed by atoms with E-state index in [0.29, 0.717) is 31.9 Å². The monoisotopic (exact) mass is 435 g/mol. The van der Waals surface area contributed by atoms with E-state index in [4.69, 9.17) is 4.42 Å². The SMILES string of the molecule is CC(C(=O)Nc1ccccc1Sc1ccccc1)N1CCN(C(=O)c2ccco2)CC1. The number of furan rings is 1. The van der Waals surface area contributed by atoms with Gasteiger partial charge >= 0.3 is 0 Å². The molecule has 2 aromatic carbocycles. The quantitative estimate of drug-likeness (QED) is 0.628. The van der Waals surface area contributed by atoms with Crippen LogP contribution < -0.4 is 5.32 Å². The second-order valence-corrected chi connectivity index (χ2v) is 8.50. The van der Waals surface area contributed by atoms with Gasteiger partial charge in [0.2, 0.25) is 5.91 Å². The van der Waals surface area contributed by atoms with Crippen LogP contribution in [0.2, 0.25) is 0 Å². The van der Waals surface area contributed by atoms with Crippen LogP contribution in [0.3, 0.4) is 0 Å². The van der Waals surface area contributed by atoms with E-state index in [1.54, 1.807) is 28.8 Å². The fourth-order valence-corrected chi connectivity index (χ4v) is 4.47. The van der Waals surface area contributed by atoms with Crippen LogP contribution in [0.1, 0.15) is 17.5 Å². The standard InChI is InChI=1S/C24H25N3O3S/c1-18(26-13-15-27(16-14-26)24(29)21-11-7-17-30-21)23(28)25-20-10-5-6-12-22(20)31-19-8-3-2-4-9-19/h2-12,17-18H,13-16H2,1H3,(H,25,28). The van der Waals surface area contributed by atoms with Gasteiger partial charge in [0.1, 0.15) is 0 Å². The smallest absolute Gasteiger partial charge is 0.289 e. The first-order valence-corrected chi connectivity index (χ1v) is 11.1. The third-order valence-electron chi connectivity index (χ3n) is 5.38. The van der Waals surface area contributed by atoms with Gasteiger partial charge in [0, 0.05) is 36.0 Å². The number of para-hydroxylation sites is 1. The number of piperazine rings is 1. The maximum atomic E-state index is 13.0. The zero-order valence-corrected chi connectivity index (χ0v) is 18.2. The van der Waals surface area contributed by atoms with Gasteiger partial charge in [-0.3, -0.25) is 14.5 Å². The number of hydrogen-bond donors (Lipinski definition) is 1. The lowest BCUT2D eigenvalue weighted by Gasteiger charge is -2.37. The summed E-state index contributed by atoms with van der Waals surface area (Å²) in [5.74, 6) is 0.201. The van der Waals surface area contributed by atoms with Crippen LogP contribution in [0.25, 0.3) is 0 Å². The molecule has 1 atom stereocenters. The zero-order valence-electron chi connectivity index (χ0n) is 17.4. The molecule has 1 aliphatic heterocycles. The number of carbonyl (C=O) groups is 2. The summed E-state index contributed by atoms with van der Waals surface area (Å²) >= 11 is 1.62. The second kappa shape index (κ2) is 9.85. The summed E-state index contributed by atoms with van der Waals surface area (Å²) in [6.07, 6.45) is 1.50. The van der Waals surface area contributed by atoms with Crippen molar-refractivity contribution in [1.29, 1.82) is 0 Å². The van der Waals surface area contributed by atoms with Gasteiger partial charge in [0.15, 0.2) is 5.76 Å². The number of nitrogens with one attached hydrogen (secondary N) is 1. The van der Waals surface area contributed by atoms with Crippen molar-refractivity contribution in [2.75, 3.05) is 31.5 Å². The van der Waals surface area contributed by atoms with E-state index in [9.17, 15) is 9.59 Å². The Morgan fingerprint density at radius 3 is 2.35 bits per heavy atom. The lowest BCUT2D eigenvalue weighted by atomic mass is 10.2. The van der Waals surface area contributed by atoms with E-state index in [-0.39, 0.29) is 17.9 Å². The van der Waals surface area contributed by atoms with Gasteiger partial charge in [0.05, 0.1) is 18.0 Å². The Bertz CT molecular complexity index is 1020. The normalized spacial score (nSPS) is 15.5. The second-order valence-electron chi connectivity index (χ2n) is 7.38. The third kappa shape index (κ3) is 5.18. The lowest BCUT2D eigenvalue weighted by Crippen LogP contribution is -2.54. The Kier molecular flexibility index (Phi) is 6.74. The van der Waals surface area contributed by atoms with Crippen molar-refractivity contribution in [1.82, 2.24) is 9.80 Å². The molecule has 0 aliphatic carbocycles. The van der Waals surface area contributed by atoms with Crippen molar-refractivity contribution < 1.29 is 14.0 Å². The van der Waals surface area contributed by atoms with Crippen LogP contribution in [0.4, 0.5) is 5.69 Å². The first-order valence-electron chi connectivity index (χ1n) is 10.3. The number of amides is 2. The minimum atomic E-state index is -0.296. The fraction of sp³-hybridized carbons (Fsp3) is 0.250. The number of benzene rings is 2. The summed E-state index contributed by atoms with van der Waals surface area (Å²) in [4.78, 5) is 31.4.